The van der Waals surface area contributed by atoms with Crippen molar-refractivity contribution >= 4 is 31.6 Å². The van der Waals surface area contributed by atoms with Gasteiger partial charge >= 0.3 is 0 Å². The Balaban J connectivity index is 1.93. The third kappa shape index (κ3) is 3.65. The van der Waals surface area contributed by atoms with Gasteiger partial charge in [0.2, 0.25) is 21.8 Å². The van der Waals surface area contributed by atoms with Crippen molar-refractivity contribution in [1.82, 2.24) is 10.2 Å². The molecule has 1 heterocycles. The number of para-hydroxylation sites is 1. The summed E-state index contributed by atoms with van der Waals surface area (Å²) in [4.78, 5) is 0. The van der Waals surface area contributed by atoms with Gasteiger partial charge in [-0.05, 0) is 40.2 Å². The minimum atomic E-state index is -3.52. The summed E-state index contributed by atoms with van der Waals surface area (Å²) in [6.45, 7) is -0.0404. The van der Waals surface area contributed by atoms with Crippen LogP contribution >= 0.6 is 15.9 Å². The summed E-state index contributed by atoms with van der Waals surface area (Å²) in [6.07, 6.45) is 1.14. The van der Waals surface area contributed by atoms with Gasteiger partial charge < -0.3 is 4.42 Å². The van der Waals surface area contributed by atoms with Gasteiger partial charge in [-0.25, -0.2) is 8.42 Å². The fourth-order valence-corrected chi connectivity index (χ4v) is 3.65. The number of anilines is 1. The molecule has 6 nitrogen and oxygen atoms in total. The van der Waals surface area contributed by atoms with Crippen LogP contribution in [0.25, 0.3) is 11.5 Å². The highest BCUT2D eigenvalue weighted by atomic mass is 79.9. The number of sulfonamides is 1. The van der Waals surface area contributed by atoms with E-state index in [0.717, 1.165) is 11.8 Å². The standard InChI is InChI=1S/C16H14BrN3O3S/c1-24(21,22)20(14-10-6-5-9-13(14)17)11-15-18-19-16(23-15)12-7-3-2-4-8-12/h2-10H,11H2,1H3. The summed E-state index contributed by atoms with van der Waals surface area (Å²) in [6, 6.07) is 16.4. The highest BCUT2D eigenvalue weighted by Crippen LogP contribution is 2.29. The molecule has 0 unspecified atom stereocenters. The van der Waals surface area contributed by atoms with Crippen LogP contribution in [0.3, 0.4) is 0 Å². The van der Waals surface area contributed by atoms with Gasteiger partial charge in [-0.2, -0.15) is 0 Å². The Hall–Kier alpha value is -2.19. The molecule has 0 atom stereocenters. The number of hydrogen-bond donors (Lipinski definition) is 0. The molecule has 0 aliphatic carbocycles. The number of aromatic nitrogens is 2. The average Bonchev–Trinajstić information content (AvgIpc) is 3.02. The van der Waals surface area contributed by atoms with Crippen molar-refractivity contribution in [1.29, 1.82) is 0 Å². The summed E-state index contributed by atoms with van der Waals surface area (Å²) < 4.78 is 31.9. The van der Waals surface area contributed by atoms with E-state index in [1.165, 1.54) is 4.31 Å². The lowest BCUT2D eigenvalue weighted by atomic mass is 10.2. The molecule has 0 spiro atoms. The monoisotopic (exact) mass is 407 g/mol. The summed E-state index contributed by atoms with van der Waals surface area (Å²) in [5, 5.41) is 7.95. The maximum absolute atomic E-state index is 12.2. The smallest absolute Gasteiger partial charge is 0.247 e. The van der Waals surface area contributed by atoms with Gasteiger partial charge in [0.05, 0.1) is 11.9 Å². The zero-order valence-electron chi connectivity index (χ0n) is 12.8. The van der Waals surface area contributed by atoms with E-state index in [-0.39, 0.29) is 12.4 Å². The van der Waals surface area contributed by atoms with Gasteiger partial charge in [-0.1, -0.05) is 30.3 Å². The van der Waals surface area contributed by atoms with Gasteiger partial charge in [-0.3, -0.25) is 4.31 Å². The molecule has 2 aromatic carbocycles. The highest BCUT2D eigenvalue weighted by molar-refractivity contribution is 9.10. The third-order valence-electron chi connectivity index (χ3n) is 3.29. The predicted molar refractivity (Wildman–Crippen MR) is 94.9 cm³/mol. The minimum absolute atomic E-state index is 0.0404. The van der Waals surface area contributed by atoms with Gasteiger partial charge in [0.25, 0.3) is 0 Å². The maximum Gasteiger partial charge on any atom is 0.247 e. The molecule has 0 aliphatic heterocycles. The molecule has 0 radical (unpaired) electrons. The van der Waals surface area contributed by atoms with Crippen LogP contribution in [0.2, 0.25) is 0 Å². The van der Waals surface area contributed by atoms with Gasteiger partial charge in [0, 0.05) is 10.0 Å². The van der Waals surface area contributed by atoms with E-state index < -0.39 is 10.0 Å². The molecule has 0 aliphatic rings. The first-order valence-electron chi connectivity index (χ1n) is 7.05. The zero-order valence-corrected chi connectivity index (χ0v) is 15.2. The second kappa shape index (κ2) is 6.74. The quantitative estimate of drug-likeness (QED) is 0.646. The Morgan fingerprint density at radius 2 is 1.71 bits per heavy atom. The summed E-state index contributed by atoms with van der Waals surface area (Å²) in [7, 11) is -3.52. The van der Waals surface area contributed by atoms with E-state index in [9.17, 15) is 8.42 Å². The molecule has 0 amide bonds. The third-order valence-corrected chi connectivity index (χ3v) is 5.08. The molecule has 3 rings (SSSR count). The molecular formula is C16H14BrN3O3S. The fourth-order valence-electron chi connectivity index (χ4n) is 2.17. The molecule has 1 aromatic heterocycles. The second-order valence-corrected chi connectivity index (χ2v) is 7.85. The Bertz CT molecular complexity index is 942. The zero-order chi connectivity index (χ0) is 17.2. The number of hydrogen-bond acceptors (Lipinski definition) is 5. The van der Waals surface area contributed by atoms with E-state index in [1.54, 1.807) is 18.2 Å². The van der Waals surface area contributed by atoms with Crippen LogP contribution in [0, 0.1) is 0 Å². The molecular weight excluding hydrogens is 394 g/mol. The van der Waals surface area contributed by atoms with Crippen molar-refractivity contribution < 1.29 is 12.8 Å². The fraction of sp³-hybridized carbons (Fsp3) is 0.125. The average molecular weight is 408 g/mol. The van der Waals surface area contributed by atoms with Gasteiger partial charge in [-0.15, -0.1) is 10.2 Å². The van der Waals surface area contributed by atoms with Crippen molar-refractivity contribution in [3.63, 3.8) is 0 Å². The maximum atomic E-state index is 12.2. The van der Waals surface area contributed by atoms with E-state index in [2.05, 4.69) is 26.1 Å². The normalized spacial score (nSPS) is 11.4. The van der Waals surface area contributed by atoms with Crippen LogP contribution < -0.4 is 4.31 Å². The molecule has 24 heavy (non-hydrogen) atoms. The van der Waals surface area contributed by atoms with E-state index in [1.807, 2.05) is 36.4 Å². The number of halogens is 1. The lowest BCUT2D eigenvalue weighted by Gasteiger charge is -2.21. The molecule has 0 fully saturated rings. The SMILES string of the molecule is CS(=O)(=O)N(Cc1nnc(-c2ccccc2)o1)c1ccccc1Br. The molecule has 0 N–H and O–H groups in total. The van der Waals surface area contributed by atoms with Crippen LogP contribution in [0.15, 0.2) is 63.5 Å². The first-order chi connectivity index (χ1) is 11.4. The Kier molecular flexibility index (Phi) is 4.68. The Labute approximate surface area is 148 Å². The summed E-state index contributed by atoms with van der Waals surface area (Å²) >= 11 is 3.37. The molecule has 124 valence electrons. The van der Waals surface area contributed by atoms with E-state index >= 15 is 0 Å². The van der Waals surface area contributed by atoms with Gasteiger partial charge in [0.15, 0.2) is 0 Å². The van der Waals surface area contributed by atoms with Crippen molar-refractivity contribution in [2.45, 2.75) is 6.54 Å². The molecule has 3 aromatic rings. The first kappa shape index (κ1) is 16.7. The number of nitrogens with zero attached hydrogens (tertiary/aromatic N) is 3. The molecule has 0 saturated heterocycles. The largest absolute Gasteiger partial charge is 0.419 e. The van der Waals surface area contributed by atoms with Crippen molar-refractivity contribution in [3.8, 4) is 11.5 Å². The minimum Gasteiger partial charge on any atom is -0.419 e. The molecule has 8 heteroatoms. The number of benzene rings is 2. The lowest BCUT2D eigenvalue weighted by molar-refractivity contribution is 0.505. The van der Waals surface area contributed by atoms with Gasteiger partial charge in [0.1, 0.15) is 6.54 Å². The van der Waals surface area contributed by atoms with Crippen LogP contribution in [-0.2, 0) is 16.6 Å². The highest BCUT2D eigenvalue weighted by Gasteiger charge is 2.22. The first-order valence-corrected chi connectivity index (χ1v) is 9.69. The van der Waals surface area contributed by atoms with E-state index in [0.29, 0.717) is 16.1 Å². The topological polar surface area (TPSA) is 76.3 Å². The van der Waals surface area contributed by atoms with E-state index in [4.69, 9.17) is 4.42 Å². The van der Waals surface area contributed by atoms with Crippen molar-refractivity contribution in [3.05, 3.63) is 65.0 Å². The molecule has 0 bridgehead atoms. The predicted octanol–water partition coefficient (Wildman–Crippen LogP) is 3.47. The Morgan fingerprint density at radius 1 is 1.04 bits per heavy atom. The second-order valence-electron chi connectivity index (χ2n) is 5.09. The summed E-state index contributed by atoms with van der Waals surface area (Å²) in [5.74, 6) is 0.571. The van der Waals surface area contributed by atoms with Crippen molar-refractivity contribution in [2.75, 3.05) is 10.6 Å². The Morgan fingerprint density at radius 3 is 2.38 bits per heavy atom. The van der Waals surface area contributed by atoms with Crippen LogP contribution in [0.4, 0.5) is 5.69 Å². The van der Waals surface area contributed by atoms with Crippen LogP contribution in [0.5, 0.6) is 0 Å². The number of rotatable bonds is 5. The lowest BCUT2D eigenvalue weighted by Crippen LogP contribution is -2.29. The van der Waals surface area contributed by atoms with Crippen molar-refractivity contribution in [2.24, 2.45) is 0 Å². The summed E-state index contributed by atoms with van der Waals surface area (Å²) in [5.41, 5.74) is 1.29. The molecule has 0 saturated carbocycles. The van der Waals surface area contributed by atoms with Crippen LogP contribution in [0.1, 0.15) is 5.89 Å². The van der Waals surface area contributed by atoms with Crippen LogP contribution in [-0.4, -0.2) is 24.9 Å².